The van der Waals surface area contributed by atoms with Crippen molar-refractivity contribution >= 4 is 18.4 Å². The lowest BCUT2D eigenvalue weighted by atomic mass is 9.99. The number of rotatable bonds is 7. The highest BCUT2D eigenvalue weighted by molar-refractivity contribution is 5.85. The van der Waals surface area contributed by atoms with Crippen molar-refractivity contribution in [2.45, 2.75) is 18.9 Å². The van der Waals surface area contributed by atoms with Crippen LogP contribution in [0.2, 0.25) is 0 Å². The van der Waals surface area contributed by atoms with Crippen LogP contribution in [-0.2, 0) is 0 Å². The fourth-order valence-electron chi connectivity index (χ4n) is 3.40. The van der Waals surface area contributed by atoms with E-state index in [0.29, 0.717) is 25.5 Å². The van der Waals surface area contributed by atoms with Crippen LogP contribution in [0, 0.1) is 11.6 Å². The lowest BCUT2D eigenvalue weighted by Gasteiger charge is -2.39. The lowest BCUT2D eigenvalue weighted by molar-refractivity contribution is 0.163. The van der Waals surface area contributed by atoms with E-state index >= 15 is 0 Å². The fourth-order valence-corrected chi connectivity index (χ4v) is 3.40. The maximum Gasteiger partial charge on any atom is 0.255 e. The predicted octanol–water partition coefficient (Wildman–Crippen LogP) is 2.82. The summed E-state index contributed by atoms with van der Waals surface area (Å²) in [5.41, 5.74) is 1.04. The van der Waals surface area contributed by atoms with E-state index in [-0.39, 0.29) is 36.8 Å². The first-order valence-electron chi connectivity index (χ1n) is 9.04. The SMILES string of the molecule is COc1nc(N2CCN(C(CCCO)c3ccc(F)cc3)CC2)ncc1F.Cl. The molecule has 154 valence electrons. The molecule has 2 aromatic rings. The predicted molar refractivity (Wildman–Crippen MR) is 105 cm³/mol. The molecular formula is C19H25ClF2N4O2. The minimum atomic E-state index is -0.583. The summed E-state index contributed by atoms with van der Waals surface area (Å²) >= 11 is 0. The zero-order valence-electron chi connectivity index (χ0n) is 15.7. The van der Waals surface area contributed by atoms with Gasteiger partial charge in [-0.25, -0.2) is 9.37 Å². The summed E-state index contributed by atoms with van der Waals surface area (Å²) in [6.45, 7) is 3.02. The molecule has 1 fully saturated rings. The third-order valence-electron chi connectivity index (χ3n) is 4.82. The largest absolute Gasteiger partial charge is 0.479 e. The maximum atomic E-state index is 13.5. The molecule has 1 aliphatic heterocycles. The van der Waals surface area contributed by atoms with Crippen molar-refractivity contribution in [1.82, 2.24) is 14.9 Å². The molecule has 2 heterocycles. The van der Waals surface area contributed by atoms with Gasteiger partial charge in [-0.3, -0.25) is 4.90 Å². The highest BCUT2D eigenvalue weighted by atomic mass is 35.5. The molecule has 0 saturated carbocycles. The van der Waals surface area contributed by atoms with Gasteiger partial charge in [-0.15, -0.1) is 12.4 Å². The van der Waals surface area contributed by atoms with Crippen molar-refractivity contribution in [2.24, 2.45) is 0 Å². The highest BCUT2D eigenvalue weighted by Gasteiger charge is 2.26. The smallest absolute Gasteiger partial charge is 0.255 e. The monoisotopic (exact) mass is 414 g/mol. The Balaban J connectivity index is 0.00000280. The van der Waals surface area contributed by atoms with Crippen LogP contribution in [0.3, 0.4) is 0 Å². The number of methoxy groups -OCH3 is 1. The first-order chi connectivity index (χ1) is 13.1. The van der Waals surface area contributed by atoms with Crippen molar-refractivity contribution in [3.05, 3.63) is 47.7 Å². The van der Waals surface area contributed by atoms with Gasteiger partial charge in [0, 0.05) is 38.8 Å². The Morgan fingerprint density at radius 3 is 2.43 bits per heavy atom. The molecule has 3 rings (SSSR count). The van der Waals surface area contributed by atoms with Crippen LogP contribution >= 0.6 is 12.4 Å². The van der Waals surface area contributed by atoms with Gasteiger partial charge in [0.15, 0.2) is 0 Å². The number of halogens is 3. The van der Waals surface area contributed by atoms with Crippen LogP contribution < -0.4 is 9.64 Å². The summed E-state index contributed by atoms with van der Waals surface area (Å²) in [6, 6.07) is 6.66. The number of aliphatic hydroxyl groups excluding tert-OH is 1. The van der Waals surface area contributed by atoms with Gasteiger partial charge in [0.05, 0.1) is 13.3 Å². The van der Waals surface area contributed by atoms with Crippen LogP contribution in [0.15, 0.2) is 30.5 Å². The van der Waals surface area contributed by atoms with E-state index in [9.17, 15) is 13.9 Å². The number of benzene rings is 1. The average Bonchev–Trinajstić information content (AvgIpc) is 2.70. The summed E-state index contributed by atoms with van der Waals surface area (Å²) in [7, 11) is 1.38. The number of aliphatic hydroxyl groups is 1. The molecule has 1 aromatic heterocycles. The zero-order chi connectivity index (χ0) is 19.2. The Labute approximate surface area is 169 Å². The van der Waals surface area contributed by atoms with Gasteiger partial charge < -0.3 is 14.7 Å². The van der Waals surface area contributed by atoms with E-state index in [1.54, 1.807) is 12.1 Å². The second kappa shape index (κ2) is 10.5. The van der Waals surface area contributed by atoms with Gasteiger partial charge in [0.25, 0.3) is 5.88 Å². The normalized spacial score (nSPS) is 15.8. The van der Waals surface area contributed by atoms with Gasteiger partial charge >= 0.3 is 0 Å². The fraction of sp³-hybridized carbons (Fsp3) is 0.474. The number of ether oxygens (including phenoxy) is 1. The number of nitrogens with zero attached hydrogens (tertiary/aromatic N) is 4. The Hall–Kier alpha value is -2.03. The lowest BCUT2D eigenvalue weighted by Crippen LogP contribution is -2.48. The van der Waals surface area contributed by atoms with Gasteiger partial charge in [0.1, 0.15) is 5.82 Å². The number of anilines is 1. The zero-order valence-corrected chi connectivity index (χ0v) is 16.5. The summed E-state index contributed by atoms with van der Waals surface area (Å²) in [5.74, 6) is -0.455. The third-order valence-corrected chi connectivity index (χ3v) is 4.82. The summed E-state index contributed by atoms with van der Waals surface area (Å²) in [5, 5.41) is 9.22. The number of hydrogen-bond donors (Lipinski definition) is 1. The molecule has 1 saturated heterocycles. The number of aromatic nitrogens is 2. The van der Waals surface area contributed by atoms with Gasteiger partial charge in [-0.05, 0) is 30.5 Å². The van der Waals surface area contributed by atoms with Crippen LogP contribution in [0.1, 0.15) is 24.4 Å². The maximum absolute atomic E-state index is 13.5. The van der Waals surface area contributed by atoms with E-state index in [4.69, 9.17) is 4.74 Å². The summed E-state index contributed by atoms with van der Waals surface area (Å²) < 4.78 is 31.7. The molecular weight excluding hydrogens is 390 g/mol. The van der Waals surface area contributed by atoms with Gasteiger partial charge in [-0.2, -0.15) is 9.37 Å². The van der Waals surface area contributed by atoms with Crippen molar-refractivity contribution in [3.8, 4) is 5.88 Å². The van der Waals surface area contributed by atoms with Crippen molar-refractivity contribution in [2.75, 3.05) is 44.8 Å². The first-order valence-corrected chi connectivity index (χ1v) is 9.04. The molecule has 1 aliphatic rings. The second-order valence-electron chi connectivity index (χ2n) is 6.48. The van der Waals surface area contributed by atoms with Crippen LogP contribution in [0.5, 0.6) is 5.88 Å². The molecule has 0 radical (unpaired) electrons. The molecule has 0 bridgehead atoms. The third kappa shape index (κ3) is 5.27. The number of piperazine rings is 1. The molecule has 1 aromatic carbocycles. The Bertz CT molecular complexity index is 743. The Morgan fingerprint density at radius 1 is 1.14 bits per heavy atom. The quantitative estimate of drug-likeness (QED) is 0.751. The molecule has 1 N–H and O–H groups in total. The molecule has 1 unspecified atom stereocenters. The van der Waals surface area contributed by atoms with E-state index in [1.165, 1.54) is 19.2 Å². The molecule has 6 nitrogen and oxygen atoms in total. The van der Waals surface area contributed by atoms with E-state index < -0.39 is 5.82 Å². The van der Waals surface area contributed by atoms with Gasteiger partial charge in [0.2, 0.25) is 11.8 Å². The minimum Gasteiger partial charge on any atom is -0.479 e. The minimum absolute atomic E-state index is 0. The molecule has 0 aliphatic carbocycles. The van der Waals surface area contributed by atoms with Crippen LogP contribution in [0.25, 0.3) is 0 Å². The molecule has 28 heavy (non-hydrogen) atoms. The summed E-state index contributed by atoms with van der Waals surface area (Å²) in [6.07, 6.45) is 2.60. The number of hydrogen-bond acceptors (Lipinski definition) is 6. The van der Waals surface area contributed by atoms with E-state index in [2.05, 4.69) is 14.9 Å². The average molecular weight is 415 g/mol. The molecule has 0 amide bonds. The first kappa shape index (κ1) is 22.3. The van der Waals surface area contributed by atoms with E-state index in [1.807, 2.05) is 4.90 Å². The molecule has 1 atom stereocenters. The standard InChI is InChI=1S/C19H24F2N4O2.ClH/c1-27-18-16(21)13-22-19(23-18)25-10-8-24(9-11-25)17(3-2-12-26)14-4-6-15(20)7-5-14;/h4-7,13,17,26H,2-3,8-12H2,1H3;1H. The van der Waals surface area contributed by atoms with Crippen molar-refractivity contribution in [3.63, 3.8) is 0 Å². The van der Waals surface area contributed by atoms with Crippen LogP contribution in [0.4, 0.5) is 14.7 Å². The highest BCUT2D eigenvalue weighted by Crippen LogP contribution is 2.28. The van der Waals surface area contributed by atoms with Crippen molar-refractivity contribution < 1.29 is 18.6 Å². The van der Waals surface area contributed by atoms with Crippen LogP contribution in [-0.4, -0.2) is 59.9 Å². The Morgan fingerprint density at radius 2 is 1.82 bits per heavy atom. The molecule has 0 spiro atoms. The van der Waals surface area contributed by atoms with E-state index in [0.717, 1.165) is 31.3 Å². The topological polar surface area (TPSA) is 61.7 Å². The van der Waals surface area contributed by atoms with Crippen molar-refractivity contribution in [1.29, 1.82) is 0 Å². The van der Waals surface area contributed by atoms with Gasteiger partial charge in [-0.1, -0.05) is 12.1 Å². The second-order valence-corrected chi connectivity index (χ2v) is 6.48. The Kier molecular flexibility index (Phi) is 8.35. The molecule has 9 heteroatoms. The summed E-state index contributed by atoms with van der Waals surface area (Å²) in [4.78, 5) is 12.5.